The molecule has 0 aliphatic rings. The van der Waals surface area contributed by atoms with Gasteiger partial charge in [0.2, 0.25) is 5.89 Å². The number of benzene rings is 4. The molecular formula is C43H38BrNO12. The van der Waals surface area contributed by atoms with E-state index in [9.17, 15) is 24.0 Å². The molecule has 0 spiro atoms. The highest BCUT2D eigenvalue weighted by molar-refractivity contribution is 9.10. The summed E-state index contributed by atoms with van der Waals surface area (Å²) in [6.07, 6.45) is 4.83. The Labute approximate surface area is 335 Å². The lowest BCUT2D eigenvalue weighted by atomic mass is 10.1. The van der Waals surface area contributed by atoms with Gasteiger partial charge in [0, 0.05) is 17.7 Å². The summed E-state index contributed by atoms with van der Waals surface area (Å²) in [6.45, 7) is 9.79. The van der Waals surface area contributed by atoms with E-state index in [0.29, 0.717) is 77.1 Å². The number of carbonyl (C=O) groups is 4. The van der Waals surface area contributed by atoms with Crippen LogP contribution in [0.3, 0.4) is 0 Å². The van der Waals surface area contributed by atoms with Crippen LogP contribution in [-0.4, -0.2) is 55.3 Å². The molecule has 13 nitrogen and oxygen atoms in total. The van der Waals surface area contributed by atoms with E-state index in [1.54, 1.807) is 79.7 Å². The molecule has 0 unspecified atom stereocenters. The lowest BCUT2D eigenvalue weighted by molar-refractivity contribution is -0.138. The maximum atomic E-state index is 13.1. The molecule has 57 heavy (non-hydrogen) atoms. The van der Waals surface area contributed by atoms with Crippen LogP contribution in [0.15, 0.2) is 118 Å². The third kappa shape index (κ3) is 12.0. The number of aryl methyl sites for hydroxylation is 1. The number of carbonyl (C=O) groups excluding carboxylic acids is 4. The van der Waals surface area contributed by atoms with Gasteiger partial charge in [0.05, 0.1) is 52.9 Å². The normalized spacial score (nSPS) is 10.6. The maximum Gasteiger partial charge on any atom is 0.347 e. The van der Waals surface area contributed by atoms with E-state index in [4.69, 9.17) is 32.8 Å². The highest BCUT2D eigenvalue weighted by atomic mass is 79.9. The Bertz CT molecular complexity index is 2320. The zero-order valence-electron chi connectivity index (χ0n) is 31.0. The summed E-state index contributed by atoms with van der Waals surface area (Å²) in [5.74, 6) is -0.597. The van der Waals surface area contributed by atoms with Gasteiger partial charge in [0.1, 0.15) is 23.0 Å². The first-order valence-electron chi connectivity index (χ1n) is 17.8. The van der Waals surface area contributed by atoms with Gasteiger partial charge >= 0.3 is 29.5 Å². The smallest absolute Gasteiger partial charge is 0.347 e. The first-order valence-corrected chi connectivity index (χ1v) is 18.6. The van der Waals surface area contributed by atoms with Gasteiger partial charge in [-0.05, 0) is 133 Å². The van der Waals surface area contributed by atoms with Crippen molar-refractivity contribution < 1.29 is 52.0 Å². The number of fused-ring (bicyclic) bond motifs is 1. The van der Waals surface area contributed by atoms with E-state index in [1.807, 2.05) is 0 Å². The Kier molecular flexibility index (Phi) is 14.9. The topological polar surface area (TPSA) is 167 Å². The number of hydrogen-bond donors (Lipinski definition) is 0. The molecule has 0 fully saturated rings. The number of halogens is 1. The largest absolute Gasteiger partial charge is 0.494 e. The zero-order chi connectivity index (χ0) is 40.7. The van der Waals surface area contributed by atoms with Crippen LogP contribution in [0.1, 0.15) is 52.0 Å². The minimum atomic E-state index is -0.694. The Morgan fingerprint density at radius 2 is 1.19 bits per heavy atom. The van der Waals surface area contributed by atoms with Gasteiger partial charge in [-0.1, -0.05) is 13.2 Å². The molecule has 0 radical (unpaired) electrons. The molecule has 0 saturated carbocycles. The van der Waals surface area contributed by atoms with Gasteiger partial charge in [0.15, 0.2) is 0 Å². The van der Waals surface area contributed by atoms with E-state index in [1.165, 1.54) is 6.07 Å². The van der Waals surface area contributed by atoms with Crippen LogP contribution in [0.5, 0.6) is 23.0 Å². The van der Waals surface area contributed by atoms with Crippen molar-refractivity contribution in [1.82, 2.24) is 4.98 Å². The van der Waals surface area contributed by atoms with Crippen LogP contribution in [0.4, 0.5) is 0 Å². The fraction of sp³-hybridized carbons (Fsp3) is 0.209. The Hall–Kier alpha value is -6.54. The lowest BCUT2D eigenvalue weighted by Gasteiger charge is -2.11. The molecule has 0 amide bonds. The number of hydrogen-bond acceptors (Lipinski definition) is 13. The molecule has 0 N–H and O–H groups in total. The standard InChI is InChI=1S/C43H38BrNO12/c1-4-38(46)53-22-8-6-20-51-31-15-10-28(11-16-31)41(48)55-36-19-14-30(25-34(36)44)40-45-35-24-27(3)37(26-33(35)43(50)57-40)56-42(49)29-12-17-32(18-13-29)52-21-7-9-23-54-39(47)5-2/h4-5,10-19,24-26H,1-2,6-9,20-23H2,3H3. The van der Waals surface area contributed by atoms with Crippen molar-refractivity contribution in [2.75, 3.05) is 26.4 Å². The maximum absolute atomic E-state index is 13.1. The lowest BCUT2D eigenvalue weighted by Crippen LogP contribution is -2.11. The molecule has 14 heteroatoms. The number of unbranched alkanes of at least 4 members (excludes halogenated alkanes) is 2. The second kappa shape index (κ2) is 20.4. The summed E-state index contributed by atoms with van der Waals surface area (Å²) in [6, 6.07) is 20.7. The molecule has 0 aliphatic heterocycles. The van der Waals surface area contributed by atoms with Crippen LogP contribution < -0.4 is 24.6 Å². The zero-order valence-corrected chi connectivity index (χ0v) is 32.5. The van der Waals surface area contributed by atoms with Gasteiger partial charge in [-0.3, -0.25) is 0 Å². The minimum Gasteiger partial charge on any atom is -0.494 e. The highest BCUT2D eigenvalue weighted by Crippen LogP contribution is 2.32. The molecule has 294 valence electrons. The molecule has 5 aromatic rings. The predicted molar refractivity (Wildman–Crippen MR) is 213 cm³/mol. The van der Waals surface area contributed by atoms with Crippen LogP contribution in [0.2, 0.25) is 0 Å². The molecule has 1 aromatic heterocycles. The van der Waals surface area contributed by atoms with Crippen molar-refractivity contribution in [3.05, 3.63) is 136 Å². The summed E-state index contributed by atoms with van der Waals surface area (Å²) in [5.41, 5.74) is 1.21. The van der Waals surface area contributed by atoms with Crippen LogP contribution in [0.25, 0.3) is 22.4 Å². The summed E-state index contributed by atoms with van der Waals surface area (Å²) >= 11 is 3.43. The molecule has 0 bridgehead atoms. The number of aromatic nitrogens is 1. The number of esters is 4. The van der Waals surface area contributed by atoms with Gasteiger partial charge < -0.3 is 32.8 Å². The molecule has 4 aromatic carbocycles. The number of nitrogens with zero attached hydrogens (tertiary/aromatic N) is 1. The van der Waals surface area contributed by atoms with Gasteiger partial charge in [-0.2, -0.15) is 0 Å². The first kappa shape index (κ1) is 41.6. The van der Waals surface area contributed by atoms with E-state index in [0.717, 1.165) is 12.2 Å². The molecule has 0 atom stereocenters. The fourth-order valence-corrected chi connectivity index (χ4v) is 5.56. The SMILES string of the molecule is C=CC(=O)OCCCCOc1ccc(C(=O)Oc2cc3c(=O)oc(-c4ccc(OC(=O)c5ccc(OCCCCOC(=O)C=C)cc5)c(Br)c4)nc3cc2C)cc1. The quantitative estimate of drug-likeness (QED) is 0.0339. The minimum absolute atomic E-state index is 0.0297. The average molecular weight is 841 g/mol. The van der Waals surface area contributed by atoms with Crippen molar-refractivity contribution in [3.63, 3.8) is 0 Å². The van der Waals surface area contributed by atoms with Crippen LogP contribution in [-0.2, 0) is 19.1 Å². The summed E-state index contributed by atoms with van der Waals surface area (Å²) < 4.78 is 38.4. The van der Waals surface area contributed by atoms with Crippen molar-refractivity contribution in [2.45, 2.75) is 32.6 Å². The van der Waals surface area contributed by atoms with Gasteiger partial charge in [0.25, 0.3) is 0 Å². The summed E-state index contributed by atoms with van der Waals surface area (Å²) in [7, 11) is 0. The fourth-order valence-electron chi connectivity index (χ4n) is 5.10. The number of ether oxygens (including phenoxy) is 6. The van der Waals surface area contributed by atoms with Crippen molar-refractivity contribution in [3.8, 4) is 34.5 Å². The molecule has 5 rings (SSSR count). The Balaban J connectivity index is 1.15. The van der Waals surface area contributed by atoms with Crippen molar-refractivity contribution in [1.29, 1.82) is 0 Å². The number of rotatable bonds is 19. The summed E-state index contributed by atoms with van der Waals surface area (Å²) in [4.78, 5) is 65.7. The van der Waals surface area contributed by atoms with Crippen LogP contribution in [0, 0.1) is 6.92 Å². The van der Waals surface area contributed by atoms with Crippen molar-refractivity contribution >= 4 is 50.7 Å². The van der Waals surface area contributed by atoms with Gasteiger partial charge in [-0.15, -0.1) is 0 Å². The van der Waals surface area contributed by atoms with Crippen molar-refractivity contribution in [2.24, 2.45) is 0 Å². The van der Waals surface area contributed by atoms with E-state index < -0.39 is 29.5 Å². The van der Waals surface area contributed by atoms with Crippen LogP contribution >= 0.6 is 15.9 Å². The summed E-state index contributed by atoms with van der Waals surface area (Å²) in [5, 5.41) is 0.114. The van der Waals surface area contributed by atoms with E-state index >= 15 is 0 Å². The monoisotopic (exact) mass is 839 g/mol. The molecule has 1 heterocycles. The predicted octanol–water partition coefficient (Wildman–Crippen LogP) is 8.14. The third-order valence-electron chi connectivity index (χ3n) is 8.13. The molecule has 0 aliphatic carbocycles. The Morgan fingerprint density at radius 3 is 1.70 bits per heavy atom. The third-order valence-corrected chi connectivity index (χ3v) is 8.75. The van der Waals surface area contributed by atoms with Gasteiger partial charge in [-0.25, -0.2) is 29.0 Å². The molecular weight excluding hydrogens is 802 g/mol. The van der Waals surface area contributed by atoms with E-state index in [2.05, 4.69) is 34.1 Å². The molecule has 0 saturated heterocycles. The average Bonchev–Trinajstić information content (AvgIpc) is 3.21. The van der Waals surface area contributed by atoms with E-state index in [-0.39, 0.29) is 41.6 Å². The second-order valence-electron chi connectivity index (χ2n) is 12.3. The highest BCUT2D eigenvalue weighted by Gasteiger charge is 2.18. The first-order chi connectivity index (χ1) is 27.5. The second-order valence-corrected chi connectivity index (χ2v) is 13.1. The Morgan fingerprint density at radius 1 is 0.684 bits per heavy atom.